The Labute approximate surface area is 142 Å². The van der Waals surface area contributed by atoms with Crippen LogP contribution in [0.3, 0.4) is 0 Å². The highest BCUT2D eigenvalue weighted by molar-refractivity contribution is 6.16. The minimum atomic E-state index is -0.338. The number of Topliss-reactive ketones (excluding diaryl/α,β-unsaturated/α-hetero) is 3. The Bertz CT molecular complexity index is 708. The third kappa shape index (κ3) is 3.85. The number of hydrogen-bond acceptors (Lipinski definition) is 3. The van der Waals surface area contributed by atoms with E-state index in [4.69, 9.17) is 0 Å². The Morgan fingerprint density at radius 2 is 0.917 bits per heavy atom. The Morgan fingerprint density at radius 3 is 1.21 bits per heavy atom. The van der Waals surface area contributed by atoms with Crippen molar-refractivity contribution in [3.8, 4) is 0 Å². The van der Waals surface area contributed by atoms with Crippen LogP contribution in [0.1, 0.15) is 55.8 Å². The largest absolute Gasteiger partial charge is 0.299 e. The van der Waals surface area contributed by atoms with Crippen molar-refractivity contribution in [2.75, 3.05) is 0 Å². The third-order valence-electron chi connectivity index (χ3n) is 4.24. The number of carbonyl (C=O) groups excluding carboxylic acids is 3. The van der Waals surface area contributed by atoms with Gasteiger partial charge in [-0.3, -0.25) is 14.4 Å². The molecule has 0 atom stereocenters. The van der Waals surface area contributed by atoms with Gasteiger partial charge in [0.2, 0.25) is 0 Å². The van der Waals surface area contributed by atoms with Crippen LogP contribution in [-0.4, -0.2) is 17.3 Å². The average molecular weight is 322 g/mol. The highest BCUT2D eigenvalue weighted by atomic mass is 16.2. The summed E-state index contributed by atoms with van der Waals surface area (Å²) in [6.45, 7) is 7.41. The first-order chi connectivity index (χ1) is 11.3. The Kier molecular flexibility index (Phi) is 5.45. The number of aryl methyl sites for hydroxylation is 4. The molecule has 0 spiro atoms. The maximum Gasteiger partial charge on any atom is 0.170 e. The molecule has 2 aromatic rings. The lowest BCUT2D eigenvalue weighted by Crippen LogP contribution is -2.15. The zero-order valence-corrected chi connectivity index (χ0v) is 14.6. The van der Waals surface area contributed by atoms with Gasteiger partial charge in [0.25, 0.3) is 0 Å². The summed E-state index contributed by atoms with van der Waals surface area (Å²) in [6.07, 6.45) is -0.468. The molecule has 0 N–H and O–H groups in total. The molecule has 0 saturated carbocycles. The highest BCUT2D eigenvalue weighted by Gasteiger charge is 2.20. The van der Waals surface area contributed by atoms with E-state index >= 15 is 0 Å². The molecule has 0 amide bonds. The van der Waals surface area contributed by atoms with E-state index in [9.17, 15) is 14.4 Å². The Hall–Kier alpha value is -2.55. The molecule has 0 aromatic heterocycles. The summed E-state index contributed by atoms with van der Waals surface area (Å²) in [5, 5.41) is 0. The molecular formula is C21H22O3. The van der Waals surface area contributed by atoms with Crippen molar-refractivity contribution in [1.29, 1.82) is 0 Å². The fourth-order valence-electron chi connectivity index (χ4n) is 3.11. The molecule has 3 heteroatoms. The van der Waals surface area contributed by atoms with Gasteiger partial charge in [0, 0.05) is 11.1 Å². The van der Waals surface area contributed by atoms with Crippen LogP contribution in [0, 0.1) is 27.7 Å². The highest BCUT2D eigenvalue weighted by Crippen LogP contribution is 2.18. The van der Waals surface area contributed by atoms with Crippen LogP contribution in [0.5, 0.6) is 0 Å². The second-order valence-corrected chi connectivity index (χ2v) is 6.27. The van der Waals surface area contributed by atoms with E-state index < -0.39 is 0 Å². The van der Waals surface area contributed by atoms with Crippen LogP contribution in [0.4, 0.5) is 0 Å². The summed E-state index contributed by atoms with van der Waals surface area (Å²) in [5.74, 6) is -0.773. The van der Waals surface area contributed by atoms with Crippen molar-refractivity contribution in [1.82, 2.24) is 0 Å². The molecule has 124 valence electrons. The summed E-state index contributed by atoms with van der Waals surface area (Å²) in [6, 6.07) is 11.2. The monoisotopic (exact) mass is 322 g/mol. The van der Waals surface area contributed by atoms with E-state index in [2.05, 4.69) is 0 Å². The number of hydrogen-bond donors (Lipinski definition) is 0. The van der Waals surface area contributed by atoms with Crippen molar-refractivity contribution in [3.05, 3.63) is 69.8 Å². The minimum Gasteiger partial charge on any atom is -0.299 e. The van der Waals surface area contributed by atoms with Gasteiger partial charge in [-0.15, -0.1) is 0 Å². The minimum absolute atomic E-state index is 0.218. The Balaban J connectivity index is 2.11. The maximum atomic E-state index is 12.4. The van der Waals surface area contributed by atoms with Crippen LogP contribution in [0.2, 0.25) is 0 Å². The van der Waals surface area contributed by atoms with Gasteiger partial charge in [-0.25, -0.2) is 0 Å². The van der Waals surface area contributed by atoms with E-state index in [1.54, 1.807) is 0 Å². The van der Waals surface area contributed by atoms with Crippen molar-refractivity contribution >= 4 is 17.3 Å². The molecule has 24 heavy (non-hydrogen) atoms. The summed E-state index contributed by atoms with van der Waals surface area (Å²) >= 11 is 0. The topological polar surface area (TPSA) is 51.2 Å². The van der Waals surface area contributed by atoms with E-state index in [1.807, 2.05) is 64.1 Å². The fraction of sp³-hybridized carbons (Fsp3) is 0.286. The molecule has 0 aliphatic carbocycles. The molecule has 0 aliphatic rings. The van der Waals surface area contributed by atoms with Gasteiger partial charge < -0.3 is 0 Å². The molecule has 0 radical (unpaired) electrons. The van der Waals surface area contributed by atoms with E-state index in [0.717, 1.165) is 22.3 Å². The zero-order valence-electron chi connectivity index (χ0n) is 14.6. The zero-order chi connectivity index (χ0) is 17.9. The SMILES string of the molecule is Cc1cccc(C)c1C(=O)CC(=O)CC(=O)c1c(C)cccc1C. The first-order valence-electron chi connectivity index (χ1n) is 8.01. The summed E-state index contributed by atoms with van der Waals surface area (Å²) in [4.78, 5) is 37.0. The third-order valence-corrected chi connectivity index (χ3v) is 4.24. The standard InChI is InChI=1S/C21H22O3/c1-13-7-5-8-14(2)20(13)18(23)11-17(22)12-19(24)21-15(3)9-6-10-16(21)4/h5-10H,11-12H2,1-4H3. The lowest BCUT2D eigenvalue weighted by atomic mass is 9.93. The van der Waals surface area contributed by atoms with Crippen molar-refractivity contribution in [2.45, 2.75) is 40.5 Å². The maximum absolute atomic E-state index is 12.4. The van der Waals surface area contributed by atoms with Gasteiger partial charge in [0.15, 0.2) is 11.6 Å². The molecule has 2 rings (SSSR count). The van der Waals surface area contributed by atoms with Crippen LogP contribution in [0.15, 0.2) is 36.4 Å². The molecule has 0 heterocycles. The quantitative estimate of drug-likeness (QED) is 0.587. The second kappa shape index (κ2) is 7.35. The van der Waals surface area contributed by atoms with Crippen molar-refractivity contribution < 1.29 is 14.4 Å². The smallest absolute Gasteiger partial charge is 0.170 e. The first-order valence-corrected chi connectivity index (χ1v) is 8.01. The normalized spacial score (nSPS) is 10.5. The number of carbonyl (C=O) groups is 3. The van der Waals surface area contributed by atoms with Crippen molar-refractivity contribution in [2.24, 2.45) is 0 Å². The van der Waals surface area contributed by atoms with E-state index in [1.165, 1.54) is 0 Å². The van der Waals surface area contributed by atoms with Crippen molar-refractivity contribution in [3.63, 3.8) is 0 Å². The van der Waals surface area contributed by atoms with Gasteiger partial charge in [-0.2, -0.15) is 0 Å². The van der Waals surface area contributed by atoms with E-state index in [0.29, 0.717) is 11.1 Å². The lowest BCUT2D eigenvalue weighted by molar-refractivity contribution is -0.117. The Morgan fingerprint density at radius 1 is 0.625 bits per heavy atom. The number of ketones is 3. The van der Waals surface area contributed by atoms with Gasteiger partial charge in [0.05, 0.1) is 12.8 Å². The molecule has 0 unspecified atom stereocenters. The molecular weight excluding hydrogens is 300 g/mol. The first kappa shape index (κ1) is 17.8. The summed E-state index contributed by atoms with van der Waals surface area (Å²) in [7, 11) is 0. The summed E-state index contributed by atoms with van der Waals surface area (Å²) in [5.41, 5.74) is 4.60. The van der Waals surface area contributed by atoms with Gasteiger partial charge >= 0.3 is 0 Å². The van der Waals surface area contributed by atoms with Crippen LogP contribution < -0.4 is 0 Å². The average Bonchev–Trinajstić information content (AvgIpc) is 2.46. The molecule has 0 fully saturated rings. The second-order valence-electron chi connectivity index (χ2n) is 6.27. The number of rotatable bonds is 6. The predicted molar refractivity (Wildman–Crippen MR) is 94.7 cm³/mol. The number of benzene rings is 2. The molecule has 3 nitrogen and oxygen atoms in total. The van der Waals surface area contributed by atoms with Gasteiger partial charge in [0.1, 0.15) is 5.78 Å². The fourth-order valence-corrected chi connectivity index (χ4v) is 3.11. The molecule has 2 aromatic carbocycles. The van der Waals surface area contributed by atoms with Crippen LogP contribution >= 0.6 is 0 Å². The molecule has 0 saturated heterocycles. The van der Waals surface area contributed by atoms with E-state index in [-0.39, 0.29) is 30.2 Å². The lowest BCUT2D eigenvalue weighted by Gasteiger charge is -2.09. The van der Waals surface area contributed by atoms with Crippen LogP contribution in [0.25, 0.3) is 0 Å². The van der Waals surface area contributed by atoms with Gasteiger partial charge in [-0.1, -0.05) is 36.4 Å². The molecule has 0 aliphatic heterocycles. The van der Waals surface area contributed by atoms with Gasteiger partial charge in [-0.05, 0) is 49.9 Å². The van der Waals surface area contributed by atoms with Crippen LogP contribution in [-0.2, 0) is 4.79 Å². The predicted octanol–water partition coefficient (Wildman–Crippen LogP) is 4.34. The summed E-state index contributed by atoms with van der Waals surface area (Å²) < 4.78 is 0. The molecule has 0 bridgehead atoms.